The van der Waals surface area contributed by atoms with Gasteiger partial charge in [-0.25, -0.2) is 8.42 Å². The molecule has 0 radical (unpaired) electrons. The zero-order valence-electron chi connectivity index (χ0n) is 17.0. The average molecular weight is 442 g/mol. The third kappa shape index (κ3) is 4.06. The first kappa shape index (κ1) is 21.1. The Morgan fingerprint density at radius 2 is 1.84 bits per heavy atom. The number of rotatable bonds is 5. The van der Waals surface area contributed by atoms with Crippen LogP contribution in [0.4, 0.5) is 5.69 Å². The fraction of sp³-hybridized carbons (Fsp3) is 0.273. The number of carbonyl (C=O) groups is 2. The Morgan fingerprint density at radius 1 is 1.13 bits per heavy atom. The minimum Gasteiger partial charge on any atom is -0.449 e. The van der Waals surface area contributed by atoms with E-state index in [9.17, 15) is 18.0 Å². The molecule has 8 nitrogen and oxygen atoms in total. The summed E-state index contributed by atoms with van der Waals surface area (Å²) in [4.78, 5) is 24.7. The van der Waals surface area contributed by atoms with E-state index in [0.29, 0.717) is 30.0 Å². The summed E-state index contributed by atoms with van der Waals surface area (Å²) in [6.07, 6.45) is 1.85. The molecule has 1 aliphatic heterocycles. The maximum atomic E-state index is 12.9. The topological polar surface area (TPSA) is 123 Å². The summed E-state index contributed by atoms with van der Waals surface area (Å²) in [5.74, 6) is -1.14. The second-order valence-corrected chi connectivity index (χ2v) is 9.69. The zero-order chi connectivity index (χ0) is 22.2. The molecule has 162 valence electrons. The van der Waals surface area contributed by atoms with E-state index in [2.05, 4.69) is 5.32 Å². The van der Waals surface area contributed by atoms with Gasteiger partial charge < -0.3 is 15.5 Å². The van der Waals surface area contributed by atoms with Crippen molar-refractivity contribution >= 4 is 38.5 Å². The van der Waals surface area contributed by atoms with Gasteiger partial charge in [-0.3, -0.25) is 9.59 Å². The molecule has 0 bridgehead atoms. The van der Waals surface area contributed by atoms with Crippen LogP contribution in [-0.4, -0.2) is 37.6 Å². The summed E-state index contributed by atoms with van der Waals surface area (Å²) in [6.45, 7) is 3.03. The second-order valence-electron chi connectivity index (χ2n) is 7.76. The number of carbonyl (C=O) groups excluding carboxylic acids is 2. The van der Waals surface area contributed by atoms with E-state index in [-0.39, 0.29) is 21.9 Å². The van der Waals surface area contributed by atoms with Crippen molar-refractivity contribution in [3.63, 3.8) is 0 Å². The highest BCUT2D eigenvalue weighted by Crippen LogP contribution is 2.31. The molecule has 1 aromatic heterocycles. The van der Waals surface area contributed by atoms with E-state index >= 15 is 0 Å². The first-order valence-electron chi connectivity index (χ1n) is 10.0. The van der Waals surface area contributed by atoms with Gasteiger partial charge in [0.15, 0.2) is 0 Å². The molecular formula is C22H23N3O5S. The number of nitrogens with zero attached hydrogens (tertiary/aromatic N) is 1. The SMILES string of the molecule is CC1CCCN(S(=O)(=O)c2ccc(C(=O)Nc3c(C(N)=O)oc4ccccc34)cc2)C1. The van der Waals surface area contributed by atoms with E-state index in [4.69, 9.17) is 10.2 Å². The molecule has 31 heavy (non-hydrogen) atoms. The minimum absolute atomic E-state index is 0.143. The molecule has 1 unspecified atom stereocenters. The lowest BCUT2D eigenvalue weighted by molar-refractivity contribution is 0.0977. The van der Waals surface area contributed by atoms with Gasteiger partial charge in [0.05, 0.1) is 4.90 Å². The van der Waals surface area contributed by atoms with Gasteiger partial charge in [0, 0.05) is 24.0 Å². The van der Waals surface area contributed by atoms with Crippen molar-refractivity contribution in [2.75, 3.05) is 18.4 Å². The number of nitrogens with two attached hydrogens (primary N) is 1. The Labute approximate surface area is 180 Å². The molecule has 9 heteroatoms. The van der Waals surface area contributed by atoms with Gasteiger partial charge in [-0.05, 0) is 55.2 Å². The average Bonchev–Trinajstić information content (AvgIpc) is 3.12. The first-order valence-corrected chi connectivity index (χ1v) is 11.4. The van der Waals surface area contributed by atoms with Crippen LogP contribution >= 0.6 is 0 Å². The van der Waals surface area contributed by atoms with Gasteiger partial charge in [0.2, 0.25) is 15.8 Å². The number of para-hydroxylation sites is 1. The fourth-order valence-electron chi connectivity index (χ4n) is 3.82. The lowest BCUT2D eigenvalue weighted by Gasteiger charge is -2.30. The van der Waals surface area contributed by atoms with Crippen LogP contribution in [0.3, 0.4) is 0 Å². The van der Waals surface area contributed by atoms with Crippen molar-refractivity contribution in [2.45, 2.75) is 24.7 Å². The number of hydrogen-bond acceptors (Lipinski definition) is 5. The monoisotopic (exact) mass is 441 g/mol. The van der Waals surface area contributed by atoms with Crippen molar-refractivity contribution in [2.24, 2.45) is 11.7 Å². The first-order chi connectivity index (χ1) is 14.8. The Kier molecular flexibility index (Phi) is 5.55. The number of piperidine rings is 1. The Hall–Kier alpha value is -3.17. The highest BCUT2D eigenvalue weighted by atomic mass is 32.2. The van der Waals surface area contributed by atoms with E-state index in [1.165, 1.54) is 28.6 Å². The van der Waals surface area contributed by atoms with Crippen molar-refractivity contribution in [3.05, 3.63) is 59.9 Å². The molecule has 3 aromatic rings. The van der Waals surface area contributed by atoms with Gasteiger partial charge in [-0.2, -0.15) is 4.31 Å². The van der Waals surface area contributed by atoms with E-state index in [1.807, 2.05) is 6.92 Å². The molecule has 2 heterocycles. The summed E-state index contributed by atoms with van der Waals surface area (Å²) in [7, 11) is -3.61. The maximum Gasteiger partial charge on any atom is 0.286 e. The zero-order valence-corrected chi connectivity index (χ0v) is 17.8. The third-order valence-electron chi connectivity index (χ3n) is 5.43. The highest BCUT2D eigenvalue weighted by molar-refractivity contribution is 7.89. The number of fused-ring (bicyclic) bond motifs is 1. The molecule has 1 saturated heterocycles. The normalized spacial score (nSPS) is 17.5. The van der Waals surface area contributed by atoms with Crippen molar-refractivity contribution < 1.29 is 22.4 Å². The molecule has 0 aliphatic carbocycles. The number of furan rings is 1. The number of primary amides is 1. The van der Waals surface area contributed by atoms with Gasteiger partial charge in [-0.15, -0.1) is 0 Å². The molecule has 2 aromatic carbocycles. The number of sulfonamides is 1. The Balaban J connectivity index is 1.58. The van der Waals surface area contributed by atoms with Crippen molar-refractivity contribution in [1.29, 1.82) is 0 Å². The van der Waals surface area contributed by atoms with Crippen LogP contribution in [0.2, 0.25) is 0 Å². The molecule has 1 atom stereocenters. The third-order valence-corrected chi connectivity index (χ3v) is 7.31. The number of anilines is 1. The number of amides is 2. The number of hydrogen-bond donors (Lipinski definition) is 2. The molecule has 1 aliphatic rings. The second kappa shape index (κ2) is 8.16. The van der Waals surface area contributed by atoms with E-state index in [1.54, 1.807) is 24.3 Å². The summed E-state index contributed by atoms with van der Waals surface area (Å²) in [5.41, 5.74) is 6.24. The van der Waals surface area contributed by atoms with Gasteiger partial charge >= 0.3 is 0 Å². The van der Waals surface area contributed by atoms with Crippen LogP contribution in [0.1, 0.15) is 40.7 Å². The lowest BCUT2D eigenvalue weighted by atomic mass is 10.0. The smallest absolute Gasteiger partial charge is 0.286 e. The summed E-state index contributed by atoms with van der Waals surface area (Å²) in [6, 6.07) is 12.6. The van der Waals surface area contributed by atoms with Crippen LogP contribution in [0.5, 0.6) is 0 Å². The van der Waals surface area contributed by atoms with Crippen LogP contribution < -0.4 is 11.1 Å². The van der Waals surface area contributed by atoms with Gasteiger partial charge in [0.1, 0.15) is 11.3 Å². The summed E-state index contributed by atoms with van der Waals surface area (Å²) in [5, 5.41) is 3.21. The van der Waals surface area contributed by atoms with Crippen molar-refractivity contribution in [3.8, 4) is 0 Å². The number of benzene rings is 2. The van der Waals surface area contributed by atoms with Crippen LogP contribution in [0.25, 0.3) is 11.0 Å². The highest BCUT2D eigenvalue weighted by Gasteiger charge is 2.29. The molecular weight excluding hydrogens is 418 g/mol. The largest absolute Gasteiger partial charge is 0.449 e. The van der Waals surface area contributed by atoms with Crippen LogP contribution in [0, 0.1) is 5.92 Å². The molecule has 1 fully saturated rings. The summed E-state index contributed by atoms with van der Waals surface area (Å²) >= 11 is 0. The lowest BCUT2D eigenvalue weighted by Crippen LogP contribution is -2.39. The van der Waals surface area contributed by atoms with Crippen LogP contribution in [0.15, 0.2) is 57.8 Å². The van der Waals surface area contributed by atoms with Gasteiger partial charge in [-0.1, -0.05) is 19.1 Å². The molecule has 0 spiro atoms. The predicted octanol–water partition coefficient (Wildman–Crippen LogP) is 3.20. The van der Waals surface area contributed by atoms with Crippen LogP contribution in [-0.2, 0) is 10.0 Å². The predicted molar refractivity (Wildman–Crippen MR) is 116 cm³/mol. The Bertz CT molecular complexity index is 1250. The van der Waals surface area contributed by atoms with Crippen molar-refractivity contribution in [1.82, 2.24) is 4.31 Å². The molecule has 0 saturated carbocycles. The standard InChI is InChI=1S/C22H23N3O5S/c1-14-5-4-12-25(13-14)31(28,29)16-10-8-15(9-11-16)22(27)24-19-17-6-2-3-7-18(17)30-20(19)21(23)26/h2-3,6-11,14H,4-5,12-13H2,1H3,(H2,23,26)(H,24,27). The maximum absolute atomic E-state index is 12.9. The molecule has 3 N–H and O–H groups in total. The summed E-state index contributed by atoms with van der Waals surface area (Å²) < 4.78 is 32.8. The minimum atomic E-state index is -3.61. The quantitative estimate of drug-likeness (QED) is 0.629. The van der Waals surface area contributed by atoms with E-state index < -0.39 is 21.8 Å². The van der Waals surface area contributed by atoms with E-state index in [0.717, 1.165) is 12.8 Å². The Morgan fingerprint density at radius 3 is 2.52 bits per heavy atom. The molecule has 2 amide bonds. The van der Waals surface area contributed by atoms with Gasteiger partial charge in [0.25, 0.3) is 11.8 Å². The molecule has 4 rings (SSSR count). The fourth-order valence-corrected chi connectivity index (χ4v) is 5.42. The number of nitrogens with one attached hydrogen (secondary N) is 1.